The topological polar surface area (TPSA) is 215 Å². The molecule has 2 aromatic carbocycles. The SMILES string of the molecule is COC(=O)N[C@H](C(=O)N1[C@H](c2ncc(-c3ccc4c(c3)-c3ccc(-c5cnc([C@@H]6C[C@@H]7CCC[C@@H]7N6C(=O)[C@@H](NC(=O)OC)[C@@H](C)O)[nH]5)cc3C4(F)F)[nH]2)C[C@@H]2CCC[C@@H]21)[C@@H](C)O. The van der Waals surface area contributed by atoms with Crippen LogP contribution in [0.3, 0.4) is 0 Å². The Morgan fingerprint density at radius 2 is 1.19 bits per heavy atom. The summed E-state index contributed by atoms with van der Waals surface area (Å²) in [5, 5.41) is 26.0. The van der Waals surface area contributed by atoms with Crippen molar-refractivity contribution in [2.75, 3.05) is 14.2 Å². The van der Waals surface area contributed by atoms with Gasteiger partial charge in [-0.1, -0.05) is 37.1 Å². The number of H-pyrrole nitrogens is 2. The molecule has 0 radical (unpaired) electrons. The number of nitrogens with zero attached hydrogens (tertiary/aromatic N) is 4. The number of aromatic amines is 2. The number of fused-ring (bicyclic) bond motifs is 5. The number of aromatic nitrogens is 4. The van der Waals surface area contributed by atoms with Gasteiger partial charge in [0.25, 0.3) is 5.92 Å². The van der Waals surface area contributed by atoms with Gasteiger partial charge in [0.2, 0.25) is 11.8 Å². The molecule has 0 unspecified atom stereocenters. The van der Waals surface area contributed by atoms with E-state index < -0.39 is 66.3 Å². The Labute approximate surface area is 362 Å². The van der Waals surface area contributed by atoms with Gasteiger partial charge in [0.05, 0.1) is 62.3 Å². The number of nitrogens with one attached hydrogen (secondary N) is 4. The number of benzene rings is 2. The number of ether oxygens (including phenoxy) is 2. The predicted molar refractivity (Wildman–Crippen MR) is 223 cm³/mol. The van der Waals surface area contributed by atoms with Crippen molar-refractivity contribution in [2.24, 2.45) is 11.8 Å². The standard InChI is InChI=1S/C45H52F2N8O8/c1-21(56)37(52-43(60)62-3)41(58)54-33-9-5-7-25(33)17-35(54)39-48-19-31(50-39)23-12-14-29-28(15-23)27-13-11-24(16-30(27)45(29,46)47)32-20-49-40(51-32)36-18-26-8-6-10-34(26)55(36)42(59)38(22(2)57)53-44(61)63-4/h11-16,19-22,25-26,33-38,56-57H,5-10,17-18H2,1-4H3,(H,48,50)(H,49,51)(H,52,60)(H,53,61)/t21-,22-,25+,26+,33+,34+,35+,36+,37+,38+/m1/s1. The third-order valence-corrected chi connectivity index (χ3v) is 14.0. The Morgan fingerprint density at radius 1 is 0.714 bits per heavy atom. The molecule has 18 heteroatoms. The molecule has 334 valence electrons. The van der Waals surface area contributed by atoms with E-state index in [1.165, 1.54) is 40.2 Å². The van der Waals surface area contributed by atoms with Crippen LogP contribution >= 0.6 is 0 Å². The number of rotatable bonds is 10. The lowest BCUT2D eigenvalue weighted by atomic mass is 10.00. The van der Waals surface area contributed by atoms with Crippen molar-refractivity contribution in [1.29, 1.82) is 0 Å². The van der Waals surface area contributed by atoms with Gasteiger partial charge in [-0.3, -0.25) is 9.59 Å². The van der Waals surface area contributed by atoms with Crippen LogP contribution in [0.25, 0.3) is 33.6 Å². The van der Waals surface area contributed by atoms with Crippen LogP contribution < -0.4 is 10.6 Å². The zero-order valence-corrected chi connectivity index (χ0v) is 35.4. The van der Waals surface area contributed by atoms with Crippen LogP contribution in [-0.4, -0.2) is 115 Å². The summed E-state index contributed by atoms with van der Waals surface area (Å²) >= 11 is 0. The molecule has 4 fully saturated rings. The van der Waals surface area contributed by atoms with Crippen molar-refractivity contribution in [3.63, 3.8) is 0 Å². The number of carbonyl (C=O) groups excluding carboxylic acids is 4. The molecule has 4 aromatic rings. The molecular formula is C45H52F2N8O8. The minimum Gasteiger partial charge on any atom is -0.453 e. The van der Waals surface area contributed by atoms with Crippen LogP contribution in [0.1, 0.15) is 100 Å². The fraction of sp³-hybridized carbons (Fsp3) is 0.511. The first-order chi connectivity index (χ1) is 30.2. The molecule has 9 rings (SSSR count). The first kappa shape index (κ1) is 42.4. The average Bonchev–Trinajstić information content (AvgIpc) is 4.13. The van der Waals surface area contributed by atoms with Crippen LogP contribution in [0, 0.1) is 11.8 Å². The summed E-state index contributed by atoms with van der Waals surface area (Å²) in [5.74, 6) is -2.73. The molecule has 4 amide bonds. The number of methoxy groups -OCH3 is 2. The van der Waals surface area contributed by atoms with E-state index in [4.69, 9.17) is 9.47 Å². The smallest absolute Gasteiger partial charge is 0.407 e. The molecule has 5 aliphatic rings. The molecule has 0 bridgehead atoms. The first-order valence-electron chi connectivity index (χ1n) is 21.7. The van der Waals surface area contributed by atoms with Gasteiger partial charge in [0.1, 0.15) is 23.7 Å². The highest BCUT2D eigenvalue weighted by Crippen LogP contribution is 2.53. The summed E-state index contributed by atoms with van der Waals surface area (Å²) in [6, 6.07) is 6.11. The van der Waals surface area contributed by atoms with Crippen LogP contribution in [-0.2, 0) is 25.0 Å². The summed E-state index contributed by atoms with van der Waals surface area (Å²) in [4.78, 5) is 71.7. The lowest BCUT2D eigenvalue weighted by Crippen LogP contribution is -2.55. The summed E-state index contributed by atoms with van der Waals surface area (Å²) in [7, 11) is 2.37. The molecule has 3 aliphatic carbocycles. The quantitative estimate of drug-likeness (QED) is 0.115. The van der Waals surface area contributed by atoms with Gasteiger partial charge in [-0.25, -0.2) is 19.6 Å². The lowest BCUT2D eigenvalue weighted by molar-refractivity contribution is -0.140. The maximum Gasteiger partial charge on any atom is 0.407 e. The Bertz CT molecular complexity index is 2440. The Balaban J connectivity index is 0.972. The number of aliphatic hydroxyl groups is 2. The van der Waals surface area contributed by atoms with E-state index in [0.717, 1.165) is 38.5 Å². The highest BCUT2D eigenvalue weighted by molar-refractivity contribution is 5.88. The van der Waals surface area contributed by atoms with Gasteiger partial charge < -0.3 is 50.1 Å². The highest BCUT2D eigenvalue weighted by atomic mass is 19.3. The average molecular weight is 871 g/mol. The largest absolute Gasteiger partial charge is 0.453 e. The number of hydrogen-bond donors (Lipinski definition) is 6. The number of halogens is 2. The Kier molecular flexibility index (Phi) is 11.0. The van der Waals surface area contributed by atoms with Crippen molar-refractivity contribution in [1.82, 2.24) is 40.4 Å². The molecular weight excluding hydrogens is 819 g/mol. The summed E-state index contributed by atoms with van der Waals surface area (Å²) < 4.78 is 42.2. The van der Waals surface area contributed by atoms with Gasteiger partial charge in [-0.05, 0) is 87.5 Å². The van der Waals surface area contributed by atoms with Crippen molar-refractivity contribution in [3.05, 3.63) is 71.6 Å². The van der Waals surface area contributed by atoms with Gasteiger partial charge in [0, 0.05) is 34.3 Å². The molecule has 6 N–H and O–H groups in total. The third-order valence-electron chi connectivity index (χ3n) is 14.0. The van der Waals surface area contributed by atoms with Gasteiger partial charge in [0.15, 0.2) is 0 Å². The number of hydrogen-bond acceptors (Lipinski definition) is 10. The molecule has 2 saturated carbocycles. The van der Waals surface area contributed by atoms with Crippen molar-refractivity contribution in [3.8, 4) is 33.6 Å². The molecule has 2 aliphatic heterocycles. The van der Waals surface area contributed by atoms with Crippen molar-refractivity contribution in [2.45, 2.75) is 120 Å². The van der Waals surface area contributed by atoms with Gasteiger partial charge >= 0.3 is 12.2 Å². The molecule has 2 saturated heterocycles. The molecule has 2 aromatic heterocycles. The number of alkyl carbamates (subject to hydrolysis) is 2. The van der Waals surface area contributed by atoms with E-state index in [1.54, 1.807) is 46.5 Å². The van der Waals surface area contributed by atoms with E-state index >= 15 is 8.78 Å². The van der Waals surface area contributed by atoms with E-state index in [1.807, 2.05) is 0 Å². The molecule has 63 heavy (non-hydrogen) atoms. The number of amides is 4. The zero-order valence-electron chi connectivity index (χ0n) is 35.4. The lowest BCUT2D eigenvalue weighted by Gasteiger charge is -2.33. The summed E-state index contributed by atoms with van der Waals surface area (Å²) in [6.07, 6.45) is 5.78. The first-order valence-corrected chi connectivity index (χ1v) is 21.7. The van der Waals surface area contributed by atoms with E-state index in [2.05, 4.69) is 30.6 Å². The maximum absolute atomic E-state index is 16.4. The third kappa shape index (κ3) is 7.29. The monoisotopic (exact) mass is 870 g/mol. The van der Waals surface area contributed by atoms with Crippen LogP contribution in [0.4, 0.5) is 18.4 Å². The van der Waals surface area contributed by atoms with Crippen molar-refractivity contribution >= 4 is 24.0 Å². The van der Waals surface area contributed by atoms with Crippen LogP contribution in [0.5, 0.6) is 0 Å². The maximum atomic E-state index is 16.4. The Hall–Kier alpha value is -5.88. The number of likely N-dealkylation sites (tertiary alicyclic amines) is 2. The minimum atomic E-state index is -3.31. The zero-order chi connectivity index (χ0) is 44.5. The number of carbonyl (C=O) groups is 4. The van der Waals surface area contributed by atoms with Crippen LogP contribution in [0.2, 0.25) is 0 Å². The fourth-order valence-electron chi connectivity index (χ4n) is 11.0. The van der Waals surface area contributed by atoms with Gasteiger partial charge in [-0.15, -0.1) is 0 Å². The second-order valence-corrected chi connectivity index (χ2v) is 17.7. The van der Waals surface area contributed by atoms with Crippen LogP contribution in [0.15, 0.2) is 48.8 Å². The van der Waals surface area contributed by atoms with E-state index in [-0.39, 0.29) is 35.0 Å². The molecule has 10 atom stereocenters. The number of imidazole rings is 2. The molecule has 4 heterocycles. The summed E-state index contributed by atoms with van der Waals surface area (Å²) in [5.41, 5.74) is 2.66. The summed E-state index contributed by atoms with van der Waals surface area (Å²) in [6.45, 7) is 2.87. The predicted octanol–water partition coefficient (Wildman–Crippen LogP) is 5.68. The highest BCUT2D eigenvalue weighted by Gasteiger charge is 2.51. The Morgan fingerprint density at radius 3 is 1.67 bits per heavy atom. The minimum absolute atomic E-state index is 0.0830. The second-order valence-electron chi connectivity index (χ2n) is 17.7. The normalized spacial score (nSPS) is 26.0. The van der Waals surface area contributed by atoms with Crippen molar-refractivity contribution < 1.29 is 47.6 Å². The number of alkyl halides is 2. The molecule has 16 nitrogen and oxygen atoms in total. The fourth-order valence-corrected chi connectivity index (χ4v) is 11.0. The van der Waals surface area contributed by atoms with Gasteiger partial charge in [-0.2, -0.15) is 8.78 Å². The second kappa shape index (κ2) is 16.3. The van der Waals surface area contributed by atoms with E-state index in [9.17, 15) is 29.4 Å². The number of aliphatic hydroxyl groups excluding tert-OH is 2. The molecule has 0 spiro atoms. The van der Waals surface area contributed by atoms with E-state index in [0.29, 0.717) is 58.1 Å².